The predicted molar refractivity (Wildman–Crippen MR) is 88.8 cm³/mol. The van der Waals surface area contributed by atoms with E-state index in [9.17, 15) is 0 Å². The molecule has 1 aromatic rings. The zero-order valence-electron chi connectivity index (χ0n) is 11.7. The summed E-state index contributed by atoms with van der Waals surface area (Å²) in [6, 6.07) is 0. The van der Waals surface area contributed by atoms with E-state index in [-0.39, 0.29) is 24.0 Å². The minimum atomic E-state index is 0. The second kappa shape index (κ2) is 7.72. The van der Waals surface area contributed by atoms with Crippen molar-refractivity contribution in [2.24, 2.45) is 23.7 Å². The second-order valence-corrected chi connectivity index (χ2v) is 5.21. The van der Waals surface area contributed by atoms with E-state index in [1.807, 2.05) is 24.1 Å². The predicted octanol–water partition coefficient (Wildman–Crippen LogP) is 1.63. The molecule has 19 heavy (non-hydrogen) atoms. The number of aliphatic imine (C=N–C) groups is 1. The molecule has 0 radical (unpaired) electrons. The van der Waals surface area contributed by atoms with E-state index in [0.29, 0.717) is 5.96 Å². The zero-order chi connectivity index (χ0) is 13.0. The van der Waals surface area contributed by atoms with Crippen molar-refractivity contribution in [3.05, 3.63) is 18.0 Å². The summed E-state index contributed by atoms with van der Waals surface area (Å²) < 4.78 is 1.81. The van der Waals surface area contributed by atoms with Gasteiger partial charge in [-0.25, -0.2) is 0 Å². The van der Waals surface area contributed by atoms with Crippen LogP contribution in [0.4, 0.5) is 0 Å². The van der Waals surface area contributed by atoms with E-state index in [4.69, 9.17) is 5.73 Å². The van der Waals surface area contributed by atoms with Crippen LogP contribution in [0.25, 0.3) is 0 Å². The molecule has 2 heterocycles. The zero-order valence-corrected chi connectivity index (χ0v) is 14.1. The highest BCUT2D eigenvalue weighted by Gasteiger charge is 2.17. The third-order valence-corrected chi connectivity index (χ3v) is 3.41. The van der Waals surface area contributed by atoms with Crippen LogP contribution in [0.3, 0.4) is 0 Å². The van der Waals surface area contributed by atoms with Crippen LogP contribution in [0.2, 0.25) is 0 Å². The minimum absolute atomic E-state index is 0. The summed E-state index contributed by atoms with van der Waals surface area (Å²) in [5, 5.41) is 4.14. The lowest BCUT2D eigenvalue weighted by Gasteiger charge is -2.31. The monoisotopic (exact) mass is 377 g/mol. The molecule has 1 atom stereocenters. The lowest BCUT2D eigenvalue weighted by molar-refractivity contribution is 0.270. The molecule has 0 bridgehead atoms. The Morgan fingerprint density at radius 3 is 3.00 bits per heavy atom. The van der Waals surface area contributed by atoms with Crippen LogP contribution in [0.15, 0.2) is 17.4 Å². The third-order valence-electron chi connectivity index (χ3n) is 3.41. The summed E-state index contributed by atoms with van der Waals surface area (Å²) in [6.07, 6.45) is 7.33. The molecule has 5 nitrogen and oxygen atoms in total. The Labute approximate surface area is 132 Å². The number of aromatic nitrogens is 2. The van der Waals surface area contributed by atoms with Crippen LogP contribution in [0, 0.1) is 5.92 Å². The molecule has 6 heteroatoms. The summed E-state index contributed by atoms with van der Waals surface area (Å²) in [7, 11) is 1.93. The highest BCUT2D eigenvalue weighted by molar-refractivity contribution is 14.0. The molecule has 1 aliphatic heterocycles. The smallest absolute Gasteiger partial charge is 0.191 e. The SMILES string of the molecule is CC1CCCN(C(N)=NCCc2cnn(C)c2)C1.I. The molecule has 0 aliphatic carbocycles. The van der Waals surface area contributed by atoms with Gasteiger partial charge in [-0.1, -0.05) is 6.92 Å². The second-order valence-electron chi connectivity index (χ2n) is 5.21. The van der Waals surface area contributed by atoms with Crippen LogP contribution in [-0.2, 0) is 13.5 Å². The highest BCUT2D eigenvalue weighted by atomic mass is 127. The van der Waals surface area contributed by atoms with Crippen molar-refractivity contribution in [1.82, 2.24) is 14.7 Å². The van der Waals surface area contributed by atoms with Gasteiger partial charge in [0.25, 0.3) is 0 Å². The van der Waals surface area contributed by atoms with E-state index in [2.05, 4.69) is 21.9 Å². The maximum absolute atomic E-state index is 6.04. The molecule has 108 valence electrons. The van der Waals surface area contributed by atoms with Gasteiger partial charge in [0.15, 0.2) is 5.96 Å². The van der Waals surface area contributed by atoms with E-state index < -0.39 is 0 Å². The van der Waals surface area contributed by atoms with E-state index in [0.717, 1.165) is 32.0 Å². The van der Waals surface area contributed by atoms with Crippen molar-refractivity contribution in [3.63, 3.8) is 0 Å². The van der Waals surface area contributed by atoms with Crippen molar-refractivity contribution < 1.29 is 0 Å². The van der Waals surface area contributed by atoms with Crippen molar-refractivity contribution in [3.8, 4) is 0 Å². The highest BCUT2D eigenvalue weighted by Crippen LogP contribution is 2.14. The lowest BCUT2D eigenvalue weighted by Crippen LogP contribution is -2.43. The van der Waals surface area contributed by atoms with Gasteiger partial charge in [0.2, 0.25) is 0 Å². The molecule has 0 amide bonds. The molecule has 0 saturated carbocycles. The fourth-order valence-electron chi connectivity index (χ4n) is 2.40. The van der Waals surface area contributed by atoms with E-state index in [1.54, 1.807) is 0 Å². The number of hydrogen-bond acceptors (Lipinski definition) is 2. The van der Waals surface area contributed by atoms with Gasteiger partial charge in [-0.15, -0.1) is 24.0 Å². The van der Waals surface area contributed by atoms with Crippen molar-refractivity contribution in [2.45, 2.75) is 26.2 Å². The van der Waals surface area contributed by atoms with Gasteiger partial charge in [-0.2, -0.15) is 5.10 Å². The standard InChI is InChI=1S/C13H23N5.HI/c1-11-4-3-7-18(9-11)13(14)15-6-5-12-8-16-17(2)10-12;/h8,10-11H,3-7,9H2,1-2H3,(H2,14,15);1H. The summed E-state index contributed by atoms with van der Waals surface area (Å²) in [6.45, 7) is 5.10. The first kappa shape index (κ1) is 16.3. The van der Waals surface area contributed by atoms with E-state index >= 15 is 0 Å². The minimum Gasteiger partial charge on any atom is -0.370 e. The molecular formula is C13H24IN5. The van der Waals surface area contributed by atoms with Crippen molar-refractivity contribution in [1.29, 1.82) is 0 Å². The van der Waals surface area contributed by atoms with Gasteiger partial charge in [0, 0.05) is 32.9 Å². The number of piperidine rings is 1. The quantitative estimate of drug-likeness (QED) is 0.495. The van der Waals surface area contributed by atoms with Gasteiger partial charge in [0.1, 0.15) is 0 Å². The number of likely N-dealkylation sites (tertiary alicyclic amines) is 1. The summed E-state index contributed by atoms with van der Waals surface area (Å²) >= 11 is 0. The van der Waals surface area contributed by atoms with Crippen LogP contribution in [-0.4, -0.2) is 40.3 Å². The Morgan fingerprint density at radius 2 is 2.37 bits per heavy atom. The molecule has 2 rings (SSSR count). The molecular weight excluding hydrogens is 353 g/mol. The Bertz CT molecular complexity index is 415. The van der Waals surface area contributed by atoms with Gasteiger partial charge >= 0.3 is 0 Å². The number of hydrogen-bond donors (Lipinski definition) is 1. The number of guanidine groups is 1. The van der Waals surface area contributed by atoms with Crippen LogP contribution < -0.4 is 5.73 Å². The average molecular weight is 377 g/mol. The summed E-state index contributed by atoms with van der Waals surface area (Å²) in [4.78, 5) is 6.68. The molecule has 1 saturated heterocycles. The normalized spacial score (nSPS) is 20.2. The Kier molecular flexibility index (Phi) is 6.60. The van der Waals surface area contributed by atoms with Gasteiger partial charge < -0.3 is 10.6 Å². The van der Waals surface area contributed by atoms with Gasteiger partial charge in [0.05, 0.1) is 6.20 Å². The number of nitrogens with zero attached hydrogens (tertiary/aromatic N) is 4. The largest absolute Gasteiger partial charge is 0.370 e. The van der Waals surface area contributed by atoms with Gasteiger partial charge in [-0.3, -0.25) is 9.67 Å². The first-order valence-electron chi connectivity index (χ1n) is 6.67. The third kappa shape index (κ3) is 5.00. The van der Waals surface area contributed by atoms with Gasteiger partial charge in [-0.05, 0) is 30.7 Å². The number of halogens is 1. The van der Waals surface area contributed by atoms with Crippen LogP contribution in [0.1, 0.15) is 25.3 Å². The topological polar surface area (TPSA) is 59.4 Å². The summed E-state index contributed by atoms with van der Waals surface area (Å²) in [5.41, 5.74) is 7.24. The fourth-order valence-corrected chi connectivity index (χ4v) is 2.40. The maximum atomic E-state index is 6.04. The number of nitrogens with two attached hydrogens (primary N) is 1. The Morgan fingerprint density at radius 1 is 1.58 bits per heavy atom. The molecule has 1 aromatic heterocycles. The molecule has 2 N–H and O–H groups in total. The number of aryl methyl sites for hydroxylation is 1. The van der Waals surface area contributed by atoms with Crippen LogP contribution in [0.5, 0.6) is 0 Å². The van der Waals surface area contributed by atoms with Crippen molar-refractivity contribution >= 4 is 29.9 Å². The maximum Gasteiger partial charge on any atom is 0.191 e. The Balaban J connectivity index is 0.00000180. The summed E-state index contributed by atoms with van der Waals surface area (Å²) in [5.74, 6) is 1.43. The fraction of sp³-hybridized carbons (Fsp3) is 0.692. The number of rotatable bonds is 3. The molecule has 1 aliphatic rings. The van der Waals surface area contributed by atoms with E-state index in [1.165, 1.54) is 18.4 Å². The first-order valence-corrected chi connectivity index (χ1v) is 6.67. The lowest BCUT2D eigenvalue weighted by atomic mass is 10.0. The average Bonchev–Trinajstić information content (AvgIpc) is 2.75. The van der Waals surface area contributed by atoms with Crippen molar-refractivity contribution in [2.75, 3.05) is 19.6 Å². The van der Waals surface area contributed by atoms with Crippen LogP contribution >= 0.6 is 24.0 Å². The molecule has 1 fully saturated rings. The Hall–Kier alpha value is -0.790. The first-order chi connectivity index (χ1) is 8.65. The molecule has 0 aromatic carbocycles. The molecule has 1 unspecified atom stereocenters. The molecule has 0 spiro atoms.